The monoisotopic (exact) mass is 456 g/mol. The van der Waals surface area contributed by atoms with Crippen LogP contribution in [0.2, 0.25) is 0 Å². The Kier molecular flexibility index (Phi) is 5.51. The van der Waals surface area contributed by atoms with Gasteiger partial charge in [0.15, 0.2) is 9.34 Å². The number of hydrogen-bond donors (Lipinski definition) is 1. The van der Waals surface area contributed by atoms with Crippen LogP contribution < -0.4 is 5.32 Å². The quantitative estimate of drug-likeness (QED) is 0.632. The van der Waals surface area contributed by atoms with Gasteiger partial charge in [0, 0.05) is 44.0 Å². The third-order valence-corrected chi connectivity index (χ3v) is 8.03. The minimum Gasteiger partial charge on any atom is -0.302 e. The van der Waals surface area contributed by atoms with Crippen LogP contribution in [0.3, 0.4) is 0 Å². The van der Waals surface area contributed by atoms with Gasteiger partial charge in [-0.3, -0.25) is 9.20 Å². The number of amides is 1. The summed E-state index contributed by atoms with van der Waals surface area (Å²) in [4.78, 5) is 23.0. The number of thiazole rings is 1. The molecule has 0 aliphatic carbocycles. The van der Waals surface area contributed by atoms with Crippen LogP contribution in [0.1, 0.15) is 43.5 Å². The normalized spacial score (nSPS) is 18.2. The van der Waals surface area contributed by atoms with Crippen molar-refractivity contribution in [3.63, 3.8) is 0 Å². The van der Waals surface area contributed by atoms with Gasteiger partial charge in [0.1, 0.15) is 5.69 Å². The van der Waals surface area contributed by atoms with Gasteiger partial charge in [-0.25, -0.2) is 32.2 Å². The molecule has 1 aliphatic heterocycles. The second kappa shape index (κ2) is 7.96. The standard InChI is InChI=1S/C17H18F2N6O3S2/c1-10(26)22-17-21-8-14(29-17)30(27,28)24-5-2-3-11(9-24)13-7-12(15(18)19)23-16-20-4-6-25(13)16/h4,6-8,11,15H,2-3,5,9H2,1H3,(H,21,22,26). The van der Waals surface area contributed by atoms with Crippen molar-refractivity contribution in [2.45, 2.75) is 36.3 Å². The summed E-state index contributed by atoms with van der Waals surface area (Å²) in [5.74, 6) is -0.484. The van der Waals surface area contributed by atoms with Crippen LogP contribution in [0.5, 0.6) is 0 Å². The molecule has 1 saturated heterocycles. The molecule has 3 aromatic rings. The van der Waals surface area contributed by atoms with E-state index in [1.807, 2.05) is 0 Å². The summed E-state index contributed by atoms with van der Waals surface area (Å²) in [7, 11) is -3.83. The molecule has 4 heterocycles. The van der Waals surface area contributed by atoms with Crippen molar-refractivity contribution in [2.24, 2.45) is 0 Å². The molecule has 1 aliphatic rings. The van der Waals surface area contributed by atoms with Crippen molar-refractivity contribution in [2.75, 3.05) is 18.4 Å². The zero-order valence-corrected chi connectivity index (χ0v) is 17.5. The molecule has 13 heteroatoms. The van der Waals surface area contributed by atoms with E-state index in [2.05, 4.69) is 20.3 Å². The molecular weight excluding hydrogens is 438 g/mol. The highest BCUT2D eigenvalue weighted by Crippen LogP contribution is 2.34. The Morgan fingerprint density at radius 1 is 1.37 bits per heavy atom. The van der Waals surface area contributed by atoms with Crippen LogP contribution in [-0.4, -0.2) is 51.1 Å². The number of carbonyl (C=O) groups excluding carboxylic acids is 1. The van der Waals surface area contributed by atoms with Crippen LogP contribution in [0.15, 0.2) is 28.9 Å². The van der Waals surface area contributed by atoms with E-state index in [0.29, 0.717) is 25.1 Å². The Morgan fingerprint density at radius 2 is 2.17 bits per heavy atom. The highest BCUT2D eigenvalue weighted by molar-refractivity contribution is 7.91. The third-order valence-electron chi connectivity index (χ3n) is 4.81. The molecule has 4 rings (SSSR count). The first kappa shape index (κ1) is 20.8. The lowest BCUT2D eigenvalue weighted by atomic mass is 9.95. The van der Waals surface area contributed by atoms with Crippen molar-refractivity contribution >= 4 is 38.2 Å². The number of imidazole rings is 1. The lowest BCUT2D eigenvalue weighted by molar-refractivity contribution is -0.114. The Hall–Kier alpha value is -2.51. The van der Waals surface area contributed by atoms with Gasteiger partial charge < -0.3 is 5.32 Å². The number of nitrogens with one attached hydrogen (secondary N) is 1. The summed E-state index contributed by atoms with van der Waals surface area (Å²) in [6, 6.07) is 1.32. The van der Waals surface area contributed by atoms with E-state index in [-0.39, 0.29) is 39.2 Å². The van der Waals surface area contributed by atoms with Crippen LogP contribution >= 0.6 is 11.3 Å². The number of hydrogen-bond acceptors (Lipinski definition) is 7. The summed E-state index contributed by atoms with van der Waals surface area (Å²) in [5, 5.41) is 2.67. The highest BCUT2D eigenvalue weighted by atomic mass is 32.2. The third kappa shape index (κ3) is 3.91. The lowest BCUT2D eigenvalue weighted by Gasteiger charge is -2.32. The summed E-state index contributed by atoms with van der Waals surface area (Å²) in [5.41, 5.74) is 0.169. The molecule has 0 saturated carbocycles. The molecule has 0 bridgehead atoms. The molecule has 1 atom stereocenters. The topological polar surface area (TPSA) is 110 Å². The van der Waals surface area contributed by atoms with E-state index in [9.17, 15) is 22.0 Å². The summed E-state index contributed by atoms with van der Waals surface area (Å²) < 4.78 is 55.7. The van der Waals surface area contributed by atoms with Crippen molar-refractivity contribution in [3.8, 4) is 0 Å². The Labute approximate surface area is 174 Å². The van der Waals surface area contributed by atoms with Gasteiger partial charge in [-0.05, 0) is 18.9 Å². The van der Waals surface area contributed by atoms with E-state index in [1.54, 1.807) is 10.6 Å². The number of nitrogens with zero attached hydrogens (tertiary/aromatic N) is 5. The second-order valence-corrected chi connectivity index (χ2v) is 10.1. The van der Waals surface area contributed by atoms with Crippen molar-refractivity contribution in [1.82, 2.24) is 23.7 Å². The van der Waals surface area contributed by atoms with Gasteiger partial charge >= 0.3 is 0 Å². The van der Waals surface area contributed by atoms with Gasteiger partial charge in [-0.2, -0.15) is 4.31 Å². The smallest absolute Gasteiger partial charge is 0.280 e. The number of halogens is 2. The molecule has 1 fully saturated rings. The number of aromatic nitrogens is 4. The van der Waals surface area contributed by atoms with Crippen LogP contribution in [0, 0.1) is 0 Å². The van der Waals surface area contributed by atoms with E-state index in [4.69, 9.17) is 0 Å². The molecular formula is C17H18F2N6O3S2. The fourth-order valence-electron chi connectivity index (χ4n) is 3.49. The Balaban J connectivity index is 1.64. The van der Waals surface area contributed by atoms with E-state index in [1.165, 1.54) is 29.7 Å². The average molecular weight is 457 g/mol. The number of piperidine rings is 1. The minimum atomic E-state index is -3.83. The van der Waals surface area contributed by atoms with E-state index in [0.717, 1.165) is 11.3 Å². The first-order valence-corrected chi connectivity index (χ1v) is 11.4. The summed E-state index contributed by atoms with van der Waals surface area (Å²) in [6.45, 7) is 1.76. The fraction of sp³-hybridized carbons (Fsp3) is 0.412. The molecule has 160 valence electrons. The Bertz CT molecular complexity index is 1190. The van der Waals surface area contributed by atoms with Crippen molar-refractivity contribution in [3.05, 3.63) is 36.0 Å². The number of carbonyl (C=O) groups is 1. The zero-order chi connectivity index (χ0) is 21.5. The minimum absolute atomic E-state index is 0.0164. The van der Waals surface area contributed by atoms with Gasteiger partial charge in [-0.15, -0.1) is 0 Å². The molecule has 1 N–H and O–H groups in total. The molecule has 1 amide bonds. The average Bonchev–Trinajstić information content (AvgIpc) is 3.36. The van der Waals surface area contributed by atoms with Gasteiger partial charge in [0.25, 0.3) is 16.4 Å². The number of fused-ring (bicyclic) bond motifs is 1. The number of rotatable bonds is 5. The molecule has 0 radical (unpaired) electrons. The molecule has 9 nitrogen and oxygen atoms in total. The summed E-state index contributed by atoms with van der Waals surface area (Å²) in [6.07, 6.45) is 2.78. The first-order chi connectivity index (χ1) is 14.3. The van der Waals surface area contributed by atoms with Gasteiger partial charge in [0.2, 0.25) is 11.7 Å². The van der Waals surface area contributed by atoms with Gasteiger partial charge in [-0.1, -0.05) is 11.3 Å². The fourth-order valence-corrected chi connectivity index (χ4v) is 6.25. The second-order valence-electron chi connectivity index (χ2n) is 6.87. The predicted octanol–water partition coefficient (Wildman–Crippen LogP) is 2.65. The van der Waals surface area contributed by atoms with Crippen LogP contribution in [0.4, 0.5) is 13.9 Å². The molecule has 0 spiro atoms. The molecule has 3 aromatic heterocycles. The summed E-state index contributed by atoms with van der Waals surface area (Å²) >= 11 is 0.872. The van der Waals surface area contributed by atoms with E-state index >= 15 is 0 Å². The van der Waals surface area contributed by atoms with Crippen LogP contribution in [0.25, 0.3) is 5.78 Å². The number of sulfonamides is 1. The van der Waals surface area contributed by atoms with Crippen LogP contribution in [-0.2, 0) is 14.8 Å². The SMILES string of the molecule is CC(=O)Nc1ncc(S(=O)(=O)N2CCCC(c3cc(C(F)F)nc4nccn34)C2)s1. The van der Waals surface area contributed by atoms with Gasteiger partial charge in [0.05, 0.1) is 6.20 Å². The lowest BCUT2D eigenvalue weighted by Crippen LogP contribution is -2.39. The highest BCUT2D eigenvalue weighted by Gasteiger charge is 2.33. The van der Waals surface area contributed by atoms with E-state index < -0.39 is 16.4 Å². The largest absolute Gasteiger partial charge is 0.302 e. The first-order valence-electron chi connectivity index (χ1n) is 9.11. The molecule has 30 heavy (non-hydrogen) atoms. The maximum absolute atomic E-state index is 13.3. The zero-order valence-electron chi connectivity index (χ0n) is 15.8. The Morgan fingerprint density at radius 3 is 2.90 bits per heavy atom. The number of anilines is 1. The molecule has 1 unspecified atom stereocenters. The van der Waals surface area contributed by atoms with Crippen molar-refractivity contribution < 1.29 is 22.0 Å². The number of alkyl halides is 2. The molecule has 0 aromatic carbocycles. The maximum Gasteiger partial charge on any atom is 0.280 e. The van der Waals surface area contributed by atoms with Crippen molar-refractivity contribution in [1.29, 1.82) is 0 Å². The predicted molar refractivity (Wildman–Crippen MR) is 105 cm³/mol. The maximum atomic E-state index is 13.3.